The van der Waals surface area contributed by atoms with Gasteiger partial charge in [-0.3, -0.25) is 0 Å². The summed E-state index contributed by atoms with van der Waals surface area (Å²) in [5, 5.41) is 1.91. The van der Waals surface area contributed by atoms with Crippen molar-refractivity contribution in [2.45, 2.75) is 4.90 Å². The van der Waals surface area contributed by atoms with Gasteiger partial charge in [0.2, 0.25) is 0 Å². The monoisotopic (exact) mass is 234 g/mol. The molecule has 84 valence electrons. The summed E-state index contributed by atoms with van der Waals surface area (Å²) in [6.45, 7) is 0. The Hall–Kier alpha value is -1.39. The van der Waals surface area contributed by atoms with Crippen molar-refractivity contribution in [3.8, 4) is 0 Å². The smallest absolute Gasteiger partial charge is 0.127 e. The third-order valence-corrected chi connectivity index (χ3v) is 3.83. The SMILES string of the molecule is CN(C)S(=O)c1cccc2c(N)cccc12. The van der Waals surface area contributed by atoms with Gasteiger partial charge in [0.05, 0.1) is 4.90 Å². The summed E-state index contributed by atoms with van der Waals surface area (Å²) in [6.07, 6.45) is 0. The topological polar surface area (TPSA) is 46.3 Å². The van der Waals surface area contributed by atoms with Crippen LogP contribution >= 0.6 is 0 Å². The van der Waals surface area contributed by atoms with Crippen molar-refractivity contribution in [3.63, 3.8) is 0 Å². The number of hydrogen-bond donors (Lipinski definition) is 1. The lowest BCUT2D eigenvalue weighted by Crippen LogP contribution is -2.15. The average Bonchev–Trinajstić information content (AvgIpc) is 2.28. The molecule has 0 aliphatic heterocycles. The Morgan fingerprint density at radius 3 is 2.38 bits per heavy atom. The predicted octanol–water partition coefficient (Wildman–Crippen LogP) is 2.01. The lowest BCUT2D eigenvalue weighted by atomic mass is 10.1. The summed E-state index contributed by atoms with van der Waals surface area (Å²) in [6, 6.07) is 11.4. The number of benzene rings is 2. The van der Waals surface area contributed by atoms with Crippen LogP contribution in [0.4, 0.5) is 5.69 Å². The molecule has 0 saturated carbocycles. The van der Waals surface area contributed by atoms with E-state index in [1.165, 1.54) is 0 Å². The van der Waals surface area contributed by atoms with Gasteiger partial charge in [0, 0.05) is 16.5 Å². The Bertz CT molecular complexity index is 552. The first kappa shape index (κ1) is 11.1. The number of hydrogen-bond acceptors (Lipinski definition) is 2. The molecule has 1 atom stereocenters. The van der Waals surface area contributed by atoms with Crippen molar-refractivity contribution in [1.29, 1.82) is 0 Å². The number of fused-ring (bicyclic) bond motifs is 1. The molecule has 1 unspecified atom stereocenters. The molecular formula is C12H14N2OS. The van der Waals surface area contributed by atoms with E-state index in [9.17, 15) is 4.21 Å². The summed E-state index contributed by atoms with van der Waals surface area (Å²) in [4.78, 5) is 0.801. The number of nitrogens with two attached hydrogens (primary N) is 1. The molecular weight excluding hydrogens is 220 g/mol. The lowest BCUT2D eigenvalue weighted by Gasteiger charge is -2.12. The molecule has 0 fully saturated rings. The summed E-state index contributed by atoms with van der Waals surface area (Å²) in [5.74, 6) is 0. The molecule has 0 aromatic heterocycles. The second-order valence-corrected chi connectivity index (χ2v) is 5.43. The number of anilines is 1. The third kappa shape index (κ3) is 1.81. The molecule has 2 N–H and O–H groups in total. The van der Waals surface area contributed by atoms with Crippen LogP contribution in [0, 0.1) is 0 Å². The molecule has 16 heavy (non-hydrogen) atoms. The molecule has 0 radical (unpaired) electrons. The van der Waals surface area contributed by atoms with E-state index in [1.54, 1.807) is 18.4 Å². The molecule has 0 spiro atoms. The van der Waals surface area contributed by atoms with Crippen molar-refractivity contribution in [3.05, 3.63) is 36.4 Å². The second-order valence-electron chi connectivity index (χ2n) is 3.76. The molecule has 0 heterocycles. The fourth-order valence-electron chi connectivity index (χ4n) is 1.65. The van der Waals surface area contributed by atoms with Gasteiger partial charge in [-0.05, 0) is 26.2 Å². The van der Waals surface area contributed by atoms with Gasteiger partial charge in [-0.25, -0.2) is 8.51 Å². The lowest BCUT2D eigenvalue weighted by molar-refractivity contribution is 0.603. The summed E-state index contributed by atoms with van der Waals surface area (Å²) < 4.78 is 13.7. The van der Waals surface area contributed by atoms with E-state index in [-0.39, 0.29) is 0 Å². The molecule has 0 bridgehead atoms. The van der Waals surface area contributed by atoms with Gasteiger partial charge < -0.3 is 5.73 Å². The molecule has 0 aliphatic carbocycles. The van der Waals surface area contributed by atoms with Crippen LogP contribution in [0.3, 0.4) is 0 Å². The van der Waals surface area contributed by atoms with Gasteiger partial charge in [-0.15, -0.1) is 0 Å². The molecule has 3 nitrogen and oxygen atoms in total. The standard InChI is InChI=1S/C12H14N2OS/c1-14(2)16(15)12-8-4-5-9-10(12)6-3-7-11(9)13/h3-8H,13H2,1-2H3. The highest BCUT2D eigenvalue weighted by Gasteiger charge is 2.10. The van der Waals surface area contributed by atoms with Crippen LogP contribution in [-0.4, -0.2) is 22.6 Å². The highest BCUT2D eigenvalue weighted by Crippen LogP contribution is 2.26. The van der Waals surface area contributed by atoms with Crippen LogP contribution < -0.4 is 5.73 Å². The Morgan fingerprint density at radius 2 is 1.69 bits per heavy atom. The minimum atomic E-state index is -1.14. The first-order chi connectivity index (χ1) is 7.61. The van der Waals surface area contributed by atoms with Gasteiger partial charge >= 0.3 is 0 Å². The molecule has 4 heteroatoms. The van der Waals surface area contributed by atoms with Crippen LogP contribution in [0.1, 0.15) is 0 Å². The van der Waals surface area contributed by atoms with Crippen LogP contribution in [0.15, 0.2) is 41.3 Å². The van der Waals surface area contributed by atoms with Crippen LogP contribution in [0.5, 0.6) is 0 Å². The highest BCUT2D eigenvalue weighted by molar-refractivity contribution is 7.82. The Morgan fingerprint density at radius 1 is 1.06 bits per heavy atom. The minimum absolute atomic E-state index is 0.718. The average molecular weight is 234 g/mol. The summed E-state index contributed by atoms with van der Waals surface area (Å²) >= 11 is 0. The molecule has 2 rings (SSSR count). The molecule has 0 amide bonds. The zero-order valence-electron chi connectivity index (χ0n) is 9.31. The Kier molecular flexibility index (Phi) is 2.94. The van der Waals surface area contributed by atoms with E-state index in [0.717, 1.165) is 21.4 Å². The first-order valence-corrected chi connectivity index (χ1v) is 6.08. The van der Waals surface area contributed by atoms with Crippen molar-refractivity contribution in [2.24, 2.45) is 0 Å². The molecule has 0 saturated heterocycles. The Labute approximate surface area is 97.5 Å². The van der Waals surface area contributed by atoms with Gasteiger partial charge in [-0.1, -0.05) is 24.3 Å². The Balaban J connectivity index is 2.72. The number of nitrogen functional groups attached to an aromatic ring is 1. The maximum atomic E-state index is 12.1. The van der Waals surface area contributed by atoms with Crippen LogP contribution in [-0.2, 0) is 11.0 Å². The van der Waals surface area contributed by atoms with E-state index in [4.69, 9.17) is 5.73 Å². The first-order valence-electron chi connectivity index (χ1n) is 4.97. The quantitative estimate of drug-likeness (QED) is 0.808. The third-order valence-electron chi connectivity index (χ3n) is 2.44. The molecule has 2 aromatic rings. The number of rotatable bonds is 2. The molecule has 0 aliphatic rings. The normalized spacial score (nSPS) is 13.2. The van der Waals surface area contributed by atoms with Gasteiger partial charge in [0.1, 0.15) is 11.0 Å². The van der Waals surface area contributed by atoms with Crippen LogP contribution in [0.2, 0.25) is 0 Å². The van der Waals surface area contributed by atoms with E-state index in [2.05, 4.69) is 0 Å². The maximum Gasteiger partial charge on any atom is 0.127 e. The van der Waals surface area contributed by atoms with E-state index < -0.39 is 11.0 Å². The van der Waals surface area contributed by atoms with Crippen molar-refractivity contribution >= 4 is 27.4 Å². The summed E-state index contributed by atoms with van der Waals surface area (Å²) in [7, 11) is 2.45. The summed E-state index contributed by atoms with van der Waals surface area (Å²) in [5.41, 5.74) is 6.61. The van der Waals surface area contributed by atoms with E-state index in [0.29, 0.717) is 0 Å². The van der Waals surface area contributed by atoms with E-state index >= 15 is 0 Å². The fourth-order valence-corrected chi connectivity index (χ4v) is 2.61. The van der Waals surface area contributed by atoms with Crippen molar-refractivity contribution in [1.82, 2.24) is 4.31 Å². The maximum absolute atomic E-state index is 12.1. The van der Waals surface area contributed by atoms with Gasteiger partial charge in [0.15, 0.2) is 0 Å². The van der Waals surface area contributed by atoms with Crippen molar-refractivity contribution in [2.75, 3.05) is 19.8 Å². The fraction of sp³-hybridized carbons (Fsp3) is 0.167. The minimum Gasteiger partial charge on any atom is -0.398 e. The predicted molar refractivity (Wildman–Crippen MR) is 68.5 cm³/mol. The van der Waals surface area contributed by atoms with Crippen molar-refractivity contribution < 1.29 is 4.21 Å². The zero-order valence-corrected chi connectivity index (χ0v) is 10.1. The zero-order chi connectivity index (χ0) is 11.7. The largest absolute Gasteiger partial charge is 0.398 e. The highest BCUT2D eigenvalue weighted by atomic mass is 32.2. The molecule has 2 aromatic carbocycles. The van der Waals surface area contributed by atoms with Gasteiger partial charge in [-0.2, -0.15) is 0 Å². The number of nitrogens with zero attached hydrogens (tertiary/aromatic N) is 1. The van der Waals surface area contributed by atoms with Crippen LogP contribution in [0.25, 0.3) is 10.8 Å². The second kappa shape index (κ2) is 4.23. The van der Waals surface area contributed by atoms with E-state index in [1.807, 2.05) is 36.4 Å². The van der Waals surface area contributed by atoms with Gasteiger partial charge in [0.25, 0.3) is 0 Å².